The molecule has 200 valence electrons. The number of rotatable bonds is 4. The van der Waals surface area contributed by atoms with Gasteiger partial charge in [0.05, 0.1) is 0 Å². The topological polar surface area (TPSA) is 95.6 Å². The predicted molar refractivity (Wildman–Crippen MR) is 148 cm³/mol. The molecule has 0 heterocycles. The third-order valence-corrected chi connectivity index (χ3v) is 10.7. The van der Waals surface area contributed by atoms with Crippen molar-refractivity contribution in [2.24, 2.45) is 20.0 Å². The van der Waals surface area contributed by atoms with Crippen LogP contribution in [0.3, 0.4) is 0 Å². The molecule has 0 saturated carbocycles. The zero-order chi connectivity index (χ0) is 27.2. The van der Waals surface area contributed by atoms with Gasteiger partial charge in [0.2, 0.25) is 0 Å². The van der Waals surface area contributed by atoms with E-state index < -0.39 is 7.43 Å². The molecular formula is C20H49N12OP. The number of aliphatic imine (C=N–C) groups is 4. The first-order valence-corrected chi connectivity index (χ1v) is 12.8. The second-order valence-electron chi connectivity index (χ2n) is 8.66. The second-order valence-corrected chi connectivity index (χ2v) is 12.8. The summed E-state index contributed by atoms with van der Waals surface area (Å²) in [6, 6.07) is 0. The van der Waals surface area contributed by atoms with Crippen LogP contribution >= 0.6 is 7.43 Å². The van der Waals surface area contributed by atoms with E-state index in [0.717, 1.165) is 0 Å². The Morgan fingerprint density at radius 2 is 0.559 bits per heavy atom. The van der Waals surface area contributed by atoms with E-state index in [2.05, 4.69) is 20.0 Å². The molecule has 34 heavy (non-hydrogen) atoms. The molecule has 0 aromatic rings. The van der Waals surface area contributed by atoms with E-state index in [1.807, 2.05) is 123 Å². The summed E-state index contributed by atoms with van der Waals surface area (Å²) in [4.78, 5) is 39.3. The molecule has 0 rings (SSSR count). The molecule has 0 aromatic carbocycles. The third kappa shape index (κ3) is 4.95. The van der Waals surface area contributed by atoms with Gasteiger partial charge >= 0.3 is 207 Å². The molecule has 0 unspecified atom stereocenters. The normalized spacial score (nSPS) is 14.8. The van der Waals surface area contributed by atoms with Crippen LogP contribution in [0.5, 0.6) is 0 Å². The van der Waals surface area contributed by atoms with Crippen molar-refractivity contribution in [2.75, 3.05) is 113 Å². The fourth-order valence-corrected chi connectivity index (χ4v) is 9.15. The van der Waals surface area contributed by atoms with Crippen LogP contribution in [0, 0.1) is 0 Å². The maximum atomic E-state index is 13.7. The number of hydrogen-bond acceptors (Lipinski definition) is 5. The summed E-state index contributed by atoms with van der Waals surface area (Å²) >= 11 is 0. The maximum absolute atomic E-state index is 13.7. The van der Waals surface area contributed by atoms with E-state index in [1.165, 1.54) is 0 Å². The summed E-state index contributed by atoms with van der Waals surface area (Å²) < 4.78 is 7.24. The van der Waals surface area contributed by atoms with Gasteiger partial charge in [-0.05, 0) is 0 Å². The molecule has 0 radical (unpaired) electrons. The van der Waals surface area contributed by atoms with Crippen molar-refractivity contribution in [3.63, 3.8) is 0 Å². The van der Waals surface area contributed by atoms with Crippen molar-refractivity contribution >= 4 is 31.3 Å². The van der Waals surface area contributed by atoms with E-state index in [0.29, 0.717) is 23.8 Å². The monoisotopic (exact) mass is 504 g/mol. The van der Waals surface area contributed by atoms with Gasteiger partial charge in [0.1, 0.15) is 0 Å². The van der Waals surface area contributed by atoms with Gasteiger partial charge < -0.3 is 0 Å². The number of guanidine groups is 4. The van der Waals surface area contributed by atoms with Crippen LogP contribution in [0.15, 0.2) is 20.0 Å². The summed E-state index contributed by atoms with van der Waals surface area (Å²) in [5, 5.41) is 0. The summed E-state index contributed by atoms with van der Waals surface area (Å²) in [6.07, 6.45) is 0. The van der Waals surface area contributed by atoms with E-state index >= 15 is 0 Å². The second kappa shape index (κ2) is 11.7. The summed E-state index contributed by atoms with van der Waals surface area (Å²) in [5.41, 5.74) is 0. The Labute approximate surface area is 207 Å². The van der Waals surface area contributed by atoms with E-state index in [1.54, 1.807) is 28.2 Å². The summed E-state index contributed by atoms with van der Waals surface area (Å²) in [6.45, 7) is 0. The van der Waals surface area contributed by atoms with E-state index in [4.69, 9.17) is 0 Å². The Balaban J connectivity index is 8.13. The van der Waals surface area contributed by atoms with Gasteiger partial charge in [-0.1, -0.05) is 0 Å². The molecule has 0 saturated heterocycles. The molecule has 0 aliphatic heterocycles. The minimum absolute atomic E-state index is 0.559. The Morgan fingerprint density at radius 1 is 0.412 bits per heavy atom. The molecule has 1 N–H and O–H groups in total. The first-order chi connectivity index (χ1) is 15.5. The van der Waals surface area contributed by atoms with Crippen LogP contribution in [-0.2, 0) is 0 Å². The van der Waals surface area contributed by atoms with Crippen molar-refractivity contribution in [2.45, 2.75) is 0 Å². The number of nitrogens with zero attached hydrogens (tertiary/aromatic N) is 12. The Hall–Kier alpha value is -2.53. The van der Waals surface area contributed by atoms with Gasteiger partial charge in [-0.2, -0.15) is 0 Å². The fraction of sp³-hybridized carbons (Fsp3) is 0.800. The predicted octanol–water partition coefficient (Wildman–Crippen LogP) is 0.0238. The molecule has 0 aromatic heterocycles. The molecule has 0 fully saturated rings. The summed E-state index contributed by atoms with van der Waals surface area (Å²) in [5.74, 6) is 2.23. The average Bonchev–Trinajstić information content (AvgIpc) is 2.73. The van der Waals surface area contributed by atoms with Gasteiger partial charge in [0, 0.05) is 0 Å². The molecule has 0 spiro atoms. The third-order valence-electron chi connectivity index (χ3n) is 5.70. The fourth-order valence-electron chi connectivity index (χ4n) is 4.38. The SMILES string of the molecule is CN=C(N(C)C)N(C)P(O)(N(C)C(=NC)N(C)C)(N(C)C(=NC)N(C)C)N(C)C(=NC)N(C)C. The molecule has 0 aliphatic rings. The van der Waals surface area contributed by atoms with E-state index in [9.17, 15) is 4.89 Å². The Bertz CT molecular complexity index is 674. The van der Waals surface area contributed by atoms with E-state index in [-0.39, 0.29) is 0 Å². The van der Waals surface area contributed by atoms with Gasteiger partial charge in [-0.3, -0.25) is 0 Å². The van der Waals surface area contributed by atoms with Crippen LogP contribution in [0.4, 0.5) is 0 Å². The van der Waals surface area contributed by atoms with Gasteiger partial charge in [0.15, 0.2) is 0 Å². The van der Waals surface area contributed by atoms with Crippen LogP contribution in [-0.4, -0.2) is 180 Å². The Kier molecular flexibility index (Phi) is 10.9. The van der Waals surface area contributed by atoms with Crippen LogP contribution in [0.1, 0.15) is 0 Å². The van der Waals surface area contributed by atoms with Gasteiger partial charge in [0.25, 0.3) is 0 Å². The average molecular weight is 505 g/mol. The first kappa shape index (κ1) is 31.5. The van der Waals surface area contributed by atoms with Crippen molar-refractivity contribution in [3.05, 3.63) is 0 Å². The molecule has 13 nitrogen and oxygen atoms in total. The van der Waals surface area contributed by atoms with Crippen LogP contribution in [0.2, 0.25) is 0 Å². The van der Waals surface area contributed by atoms with Crippen molar-refractivity contribution in [1.82, 2.24) is 38.3 Å². The molecule has 0 aliphatic carbocycles. The molecule has 0 atom stereocenters. The van der Waals surface area contributed by atoms with Crippen molar-refractivity contribution in [3.8, 4) is 0 Å². The van der Waals surface area contributed by atoms with Crippen molar-refractivity contribution in [1.29, 1.82) is 0 Å². The van der Waals surface area contributed by atoms with Crippen LogP contribution in [0.25, 0.3) is 0 Å². The minimum atomic E-state index is -4.69. The zero-order valence-corrected chi connectivity index (χ0v) is 25.2. The first-order valence-electron chi connectivity index (χ1n) is 10.8. The van der Waals surface area contributed by atoms with Crippen LogP contribution < -0.4 is 0 Å². The van der Waals surface area contributed by atoms with Crippen molar-refractivity contribution < 1.29 is 4.89 Å². The van der Waals surface area contributed by atoms with Gasteiger partial charge in [-0.25, -0.2) is 0 Å². The molecule has 0 bridgehead atoms. The summed E-state index contributed by atoms with van der Waals surface area (Å²) in [7, 11) is 24.6. The number of hydrogen-bond donors (Lipinski definition) is 1. The zero-order valence-electron chi connectivity index (χ0n) is 24.3. The molecule has 14 heteroatoms. The quantitative estimate of drug-likeness (QED) is 0.323. The molecular weight excluding hydrogens is 455 g/mol. The Morgan fingerprint density at radius 3 is 0.647 bits per heavy atom. The standard InChI is InChI=1S/C20H49N12OP/c1-21-17(25(5)6)29(13)34(33,30(14)18(22-2)26(7)8,31(15)19(23-3)27(9)10)32(16)20(24-4)28(11)12/h33H,1-16H3. The van der Waals surface area contributed by atoms with Gasteiger partial charge in [-0.15, -0.1) is 0 Å². The molecule has 0 amide bonds.